The highest BCUT2D eigenvalue weighted by Crippen LogP contribution is 2.18. The van der Waals surface area contributed by atoms with Crippen molar-refractivity contribution in [1.82, 2.24) is 15.6 Å². The highest BCUT2D eigenvalue weighted by atomic mass is 127. The summed E-state index contributed by atoms with van der Waals surface area (Å²) in [6, 6.07) is 13.0. The number of pyridine rings is 1. The number of hydrogen-bond acceptors (Lipinski definition) is 4. The number of hydrogen-bond donors (Lipinski definition) is 2. The normalized spacial score (nSPS) is 11.4. The van der Waals surface area contributed by atoms with E-state index < -0.39 is 12.6 Å². The van der Waals surface area contributed by atoms with Crippen molar-refractivity contribution in [1.29, 1.82) is 0 Å². The molecule has 0 saturated heterocycles. The van der Waals surface area contributed by atoms with Gasteiger partial charge in [-0.15, -0.1) is 24.0 Å². The lowest BCUT2D eigenvalue weighted by molar-refractivity contribution is -0.132. The van der Waals surface area contributed by atoms with E-state index >= 15 is 0 Å². The molecule has 6 nitrogen and oxygen atoms in total. The fraction of sp³-hybridized carbons (Fsp3) is 0.400. The van der Waals surface area contributed by atoms with Crippen molar-refractivity contribution in [3.63, 3.8) is 0 Å². The summed E-state index contributed by atoms with van der Waals surface area (Å²) in [7, 11) is 0. The van der Waals surface area contributed by atoms with Gasteiger partial charge in [-0.25, -0.2) is 9.98 Å². The molecule has 166 valence electrons. The molecule has 10 heteroatoms. The van der Waals surface area contributed by atoms with Gasteiger partial charge in [-0.3, -0.25) is 0 Å². The van der Waals surface area contributed by atoms with Crippen LogP contribution in [-0.2, 0) is 6.54 Å². The first-order chi connectivity index (χ1) is 14.0. The Morgan fingerprint density at radius 2 is 1.77 bits per heavy atom. The van der Waals surface area contributed by atoms with Gasteiger partial charge < -0.3 is 20.1 Å². The summed E-state index contributed by atoms with van der Waals surface area (Å²) in [5, 5.41) is 5.58. The van der Waals surface area contributed by atoms with Crippen molar-refractivity contribution >= 4 is 29.9 Å². The summed E-state index contributed by atoms with van der Waals surface area (Å²) in [6.45, 7) is 3.20. The summed E-state index contributed by atoms with van der Waals surface area (Å²) >= 11 is 0. The molecule has 0 saturated carbocycles. The number of rotatable bonds is 10. The van der Waals surface area contributed by atoms with E-state index in [4.69, 9.17) is 9.47 Å². The van der Waals surface area contributed by atoms with E-state index in [9.17, 15) is 13.2 Å². The number of aliphatic imine (C=N–C) groups is 1. The Kier molecular flexibility index (Phi) is 11.9. The Hall–Kier alpha value is -2.24. The highest BCUT2D eigenvalue weighted by molar-refractivity contribution is 14.0. The molecule has 0 radical (unpaired) electrons. The molecular formula is C20H26F3IN4O2. The van der Waals surface area contributed by atoms with Gasteiger partial charge in [0.05, 0.1) is 13.0 Å². The second-order valence-corrected chi connectivity index (χ2v) is 6.00. The molecule has 0 fully saturated rings. The summed E-state index contributed by atoms with van der Waals surface area (Å²) in [4.78, 5) is 8.47. The van der Waals surface area contributed by atoms with Gasteiger partial charge in [-0.1, -0.05) is 24.3 Å². The van der Waals surface area contributed by atoms with Gasteiger partial charge in [0.25, 0.3) is 0 Å². The second-order valence-electron chi connectivity index (χ2n) is 6.00. The lowest BCUT2D eigenvalue weighted by Gasteiger charge is -2.12. The van der Waals surface area contributed by atoms with Crippen LogP contribution in [0.15, 0.2) is 53.7 Å². The van der Waals surface area contributed by atoms with E-state index in [1.54, 1.807) is 12.3 Å². The lowest BCUT2D eigenvalue weighted by Crippen LogP contribution is -2.38. The predicted molar refractivity (Wildman–Crippen MR) is 121 cm³/mol. The van der Waals surface area contributed by atoms with Crippen molar-refractivity contribution in [2.24, 2.45) is 4.99 Å². The van der Waals surface area contributed by atoms with Crippen LogP contribution in [0.4, 0.5) is 13.2 Å². The van der Waals surface area contributed by atoms with Crippen LogP contribution in [0.2, 0.25) is 0 Å². The first-order valence-electron chi connectivity index (χ1n) is 9.31. The van der Waals surface area contributed by atoms with Gasteiger partial charge in [0.2, 0.25) is 5.88 Å². The second kappa shape index (κ2) is 13.9. The Bertz CT molecular complexity index is 744. The Morgan fingerprint density at radius 3 is 2.40 bits per heavy atom. The molecule has 1 aromatic carbocycles. The lowest BCUT2D eigenvalue weighted by atomic mass is 10.3. The number of nitrogens with one attached hydrogen (secondary N) is 2. The van der Waals surface area contributed by atoms with Crippen LogP contribution in [0.3, 0.4) is 0 Å². The zero-order valence-electron chi connectivity index (χ0n) is 16.6. The summed E-state index contributed by atoms with van der Waals surface area (Å²) in [5.41, 5.74) is 0.811. The van der Waals surface area contributed by atoms with Gasteiger partial charge in [-0.2, -0.15) is 13.2 Å². The maximum absolute atomic E-state index is 12.2. The van der Waals surface area contributed by atoms with E-state index in [0.29, 0.717) is 31.6 Å². The molecule has 30 heavy (non-hydrogen) atoms. The monoisotopic (exact) mass is 538 g/mol. The van der Waals surface area contributed by atoms with Gasteiger partial charge in [0.15, 0.2) is 5.96 Å². The highest BCUT2D eigenvalue weighted by Gasteiger charge is 2.26. The number of ether oxygens (including phenoxy) is 2. The van der Waals surface area contributed by atoms with Crippen LogP contribution >= 0.6 is 24.0 Å². The topological polar surface area (TPSA) is 67.8 Å². The maximum atomic E-state index is 12.2. The molecule has 2 aromatic rings. The maximum Gasteiger partial charge on any atom is 0.390 e. The number of para-hydroxylation sites is 1. The van der Waals surface area contributed by atoms with Crippen LogP contribution in [0.5, 0.6) is 11.6 Å². The summed E-state index contributed by atoms with van der Waals surface area (Å²) in [5.74, 6) is 1.57. The minimum Gasteiger partial charge on any atom is -0.490 e. The first kappa shape index (κ1) is 25.8. The van der Waals surface area contributed by atoms with E-state index in [-0.39, 0.29) is 37.1 Å². The van der Waals surface area contributed by atoms with E-state index in [1.807, 2.05) is 43.3 Å². The molecule has 0 aliphatic rings. The van der Waals surface area contributed by atoms with Crippen LogP contribution in [0.25, 0.3) is 0 Å². The first-order valence-corrected chi connectivity index (χ1v) is 9.31. The minimum absolute atomic E-state index is 0. The van der Waals surface area contributed by atoms with Gasteiger partial charge in [-0.05, 0) is 24.6 Å². The van der Waals surface area contributed by atoms with Gasteiger partial charge >= 0.3 is 6.18 Å². The van der Waals surface area contributed by atoms with Crippen molar-refractivity contribution < 1.29 is 22.6 Å². The number of aromatic nitrogens is 1. The Morgan fingerprint density at radius 1 is 1.03 bits per heavy atom. The van der Waals surface area contributed by atoms with Crippen molar-refractivity contribution in [3.05, 3.63) is 54.2 Å². The van der Waals surface area contributed by atoms with Crippen molar-refractivity contribution in [2.45, 2.75) is 26.1 Å². The molecule has 0 amide bonds. The van der Waals surface area contributed by atoms with E-state index in [0.717, 1.165) is 11.3 Å². The number of nitrogens with zero attached hydrogens (tertiary/aromatic N) is 2. The third kappa shape index (κ3) is 11.1. The molecule has 0 atom stereocenters. The molecule has 2 rings (SSSR count). The Balaban J connectivity index is 0.00000450. The zero-order valence-corrected chi connectivity index (χ0v) is 18.9. The molecule has 1 heterocycles. The van der Waals surface area contributed by atoms with Crippen LogP contribution in [-0.4, -0.2) is 43.4 Å². The molecule has 0 unspecified atom stereocenters. The SMILES string of the molecule is CCNC(=NCc1ccc(OCCOc2ccccc2)nc1)NCCC(F)(F)F.I. The smallest absolute Gasteiger partial charge is 0.390 e. The fourth-order valence-electron chi connectivity index (χ4n) is 2.25. The quantitative estimate of drug-likeness (QED) is 0.206. The van der Waals surface area contributed by atoms with E-state index in [2.05, 4.69) is 20.6 Å². The standard InChI is InChI=1S/C20H25F3N4O2.HI/c1-2-24-19(25-11-10-20(21,22)23)27-15-16-8-9-18(26-14-16)29-13-12-28-17-6-4-3-5-7-17;/h3-9,14H,2,10-13,15H2,1H3,(H2,24,25,27);1H. The predicted octanol–water partition coefficient (Wildman–Crippen LogP) is 4.16. The summed E-state index contributed by atoms with van der Waals surface area (Å²) in [6.07, 6.45) is -3.49. The van der Waals surface area contributed by atoms with Gasteiger partial charge in [0.1, 0.15) is 19.0 Å². The minimum atomic E-state index is -4.20. The number of guanidine groups is 1. The van der Waals surface area contributed by atoms with Crippen LogP contribution in [0, 0.1) is 0 Å². The molecule has 1 aromatic heterocycles. The van der Waals surface area contributed by atoms with Gasteiger partial charge in [0, 0.05) is 25.4 Å². The molecule has 0 spiro atoms. The summed E-state index contributed by atoms with van der Waals surface area (Å²) < 4.78 is 47.8. The Labute approximate surface area is 191 Å². The molecular weight excluding hydrogens is 512 g/mol. The van der Waals surface area contributed by atoms with Crippen molar-refractivity contribution in [2.75, 3.05) is 26.3 Å². The third-order valence-corrected chi connectivity index (χ3v) is 3.61. The number of benzene rings is 1. The van der Waals surface area contributed by atoms with Crippen LogP contribution in [0.1, 0.15) is 18.9 Å². The average Bonchev–Trinajstić information content (AvgIpc) is 2.70. The molecule has 2 N–H and O–H groups in total. The molecule has 0 aliphatic carbocycles. The number of halogens is 4. The average molecular weight is 538 g/mol. The number of alkyl halides is 3. The molecule has 0 bridgehead atoms. The van der Waals surface area contributed by atoms with Crippen molar-refractivity contribution in [3.8, 4) is 11.6 Å². The fourth-order valence-corrected chi connectivity index (χ4v) is 2.25. The zero-order chi connectivity index (χ0) is 21.0. The van der Waals surface area contributed by atoms with Crippen LogP contribution < -0.4 is 20.1 Å². The van der Waals surface area contributed by atoms with E-state index in [1.165, 1.54) is 0 Å². The largest absolute Gasteiger partial charge is 0.490 e. The molecule has 0 aliphatic heterocycles. The third-order valence-electron chi connectivity index (χ3n) is 3.61.